The highest BCUT2D eigenvalue weighted by Crippen LogP contribution is 2.39. The number of ether oxygens (including phenoxy) is 1. The summed E-state index contributed by atoms with van der Waals surface area (Å²) in [7, 11) is 1.67. The van der Waals surface area contributed by atoms with Gasteiger partial charge in [0.05, 0.1) is 7.11 Å². The number of allylic oxidation sites excluding steroid dienone is 2. The van der Waals surface area contributed by atoms with Crippen molar-refractivity contribution >= 4 is 17.0 Å². The van der Waals surface area contributed by atoms with Crippen LogP contribution in [0.4, 0.5) is 0 Å². The maximum absolute atomic E-state index is 7.71. The molecule has 2 aromatic rings. The predicted molar refractivity (Wildman–Crippen MR) is 131 cm³/mol. The van der Waals surface area contributed by atoms with E-state index < -0.39 is 0 Å². The average Bonchev–Trinajstić information content (AvgIpc) is 2.79. The SMILES string of the molecule is C=C=CC=C.CCCCCC1CCC(c2ccc3c(C=N)c(OC)ccc3c2)CC1. The van der Waals surface area contributed by atoms with Gasteiger partial charge in [-0.3, -0.25) is 0 Å². The van der Waals surface area contributed by atoms with E-state index in [1.807, 2.05) is 6.07 Å². The van der Waals surface area contributed by atoms with Gasteiger partial charge in [0, 0.05) is 11.8 Å². The molecule has 0 heterocycles. The minimum Gasteiger partial charge on any atom is -0.496 e. The van der Waals surface area contributed by atoms with Gasteiger partial charge < -0.3 is 10.1 Å². The second-order valence-electron chi connectivity index (χ2n) is 8.13. The first kappa shape index (κ1) is 23.7. The summed E-state index contributed by atoms with van der Waals surface area (Å²) in [6, 6.07) is 10.9. The van der Waals surface area contributed by atoms with Crippen LogP contribution in [0.15, 0.2) is 61.4 Å². The Morgan fingerprint density at radius 2 is 1.90 bits per heavy atom. The monoisotopic (exact) mass is 403 g/mol. The van der Waals surface area contributed by atoms with Crippen LogP contribution in [0, 0.1) is 11.3 Å². The normalized spacial score (nSPS) is 17.9. The van der Waals surface area contributed by atoms with Gasteiger partial charge in [-0.1, -0.05) is 76.1 Å². The molecule has 0 bridgehead atoms. The van der Waals surface area contributed by atoms with Gasteiger partial charge in [-0.15, -0.1) is 5.73 Å². The lowest BCUT2D eigenvalue weighted by molar-refractivity contribution is 0.303. The standard InChI is InChI=1S/C23H31NO.C5H6/c1-3-4-5-6-17-7-9-18(10-8-17)19-11-13-21-20(15-19)12-14-23(25-2)22(21)16-24;1-3-5-4-2/h11-18,24H,3-10H2,1-2H3;3,5H,1-2H2. The van der Waals surface area contributed by atoms with Gasteiger partial charge >= 0.3 is 0 Å². The summed E-state index contributed by atoms with van der Waals surface area (Å²) in [4.78, 5) is 0. The fourth-order valence-electron chi connectivity index (χ4n) is 4.48. The van der Waals surface area contributed by atoms with Crippen LogP contribution in [0.25, 0.3) is 10.8 Å². The number of fused-ring (bicyclic) bond motifs is 1. The van der Waals surface area contributed by atoms with Gasteiger partial charge in [-0.25, -0.2) is 0 Å². The largest absolute Gasteiger partial charge is 0.496 e. The third-order valence-corrected chi connectivity index (χ3v) is 6.18. The molecular formula is C28H37NO. The first-order chi connectivity index (χ1) is 14.7. The van der Waals surface area contributed by atoms with Crippen LogP contribution >= 0.6 is 0 Å². The van der Waals surface area contributed by atoms with E-state index in [9.17, 15) is 0 Å². The Morgan fingerprint density at radius 1 is 1.13 bits per heavy atom. The quantitative estimate of drug-likeness (QED) is 0.205. The van der Waals surface area contributed by atoms with Gasteiger partial charge in [-0.05, 0) is 66.0 Å². The molecule has 2 heteroatoms. The fraction of sp³-hybridized carbons (Fsp3) is 0.429. The van der Waals surface area contributed by atoms with Crippen molar-refractivity contribution in [2.45, 2.75) is 64.2 Å². The molecule has 1 aliphatic rings. The Hall–Kier alpha value is -2.57. The smallest absolute Gasteiger partial charge is 0.128 e. The highest BCUT2D eigenvalue weighted by Gasteiger charge is 2.22. The number of nitrogens with one attached hydrogen (secondary N) is 1. The lowest BCUT2D eigenvalue weighted by Gasteiger charge is -2.29. The van der Waals surface area contributed by atoms with Gasteiger partial charge in [0.2, 0.25) is 0 Å². The van der Waals surface area contributed by atoms with Gasteiger partial charge in [0.1, 0.15) is 5.75 Å². The Balaban J connectivity index is 0.000000575. The summed E-state index contributed by atoms with van der Waals surface area (Å²) in [6.45, 7) is 8.98. The molecule has 0 aliphatic heterocycles. The first-order valence-corrected chi connectivity index (χ1v) is 11.3. The molecule has 0 radical (unpaired) electrons. The zero-order chi connectivity index (χ0) is 21.8. The summed E-state index contributed by atoms with van der Waals surface area (Å²) >= 11 is 0. The van der Waals surface area contributed by atoms with Crippen molar-refractivity contribution in [3.05, 3.63) is 72.5 Å². The van der Waals surface area contributed by atoms with E-state index in [1.165, 1.54) is 68.5 Å². The van der Waals surface area contributed by atoms with Crippen LogP contribution in [0.3, 0.4) is 0 Å². The molecule has 3 rings (SSSR count). The number of methoxy groups -OCH3 is 1. The van der Waals surface area contributed by atoms with E-state index in [4.69, 9.17) is 10.1 Å². The molecule has 2 aromatic carbocycles. The third-order valence-electron chi connectivity index (χ3n) is 6.18. The number of hydrogen-bond donors (Lipinski definition) is 1. The second-order valence-corrected chi connectivity index (χ2v) is 8.13. The van der Waals surface area contributed by atoms with E-state index in [1.54, 1.807) is 19.3 Å². The lowest BCUT2D eigenvalue weighted by atomic mass is 9.76. The van der Waals surface area contributed by atoms with Gasteiger partial charge in [0.15, 0.2) is 0 Å². The van der Waals surface area contributed by atoms with Crippen LogP contribution in [-0.2, 0) is 0 Å². The number of rotatable bonds is 8. The van der Waals surface area contributed by atoms with Gasteiger partial charge in [0.25, 0.3) is 0 Å². The Labute approximate surface area is 182 Å². The Morgan fingerprint density at radius 3 is 2.47 bits per heavy atom. The van der Waals surface area contributed by atoms with Crippen molar-refractivity contribution in [2.75, 3.05) is 7.11 Å². The minimum absolute atomic E-state index is 0.706. The van der Waals surface area contributed by atoms with Crippen molar-refractivity contribution in [1.29, 1.82) is 5.41 Å². The Bertz CT molecular complexity index is 868. The maximum Gasteiger partial charge on any atom is 0.128 e. The van der Waals surface area contributed by atoms with Gasteiger partial charge in [-0.2, -0.15) is 0 Å². The number of unbranched alkanes of at least 4 members (excludes halogenated alkanes) is 2. The summed E-state index contributed by atoms with van der Waals surface area (Å²) in [6.07, 6.45) is 15.7. The fourth-order valence-corrected chi connectivity index (χ4v) is 4.48. The molecule has 1 aliphatic carbocycles. The van der Waals surface area contributed by atoms with E-state index in [-0.39, 0.29) is 0 Å². The molecule has 1 N–H and O–H groups in total. The molecule has 0 atom stereocenters. The summed E-state index contributed by atoms with van der Waals surface area (Å²) < 4.78 is 5.39. The van der Waals surface area contributed by atoms with Crippen molar-refractivity contribution in [1.82, 2.24) is 0 Å². The lowest BCUT2D eigenvalue weighted by Crippen LogP contribution is -2.13. The van der Waals surface area contributed by atoms with Crippen molar-refractivity contribution < 1.29 is 4.74 Å². The number of benzene rings is 2. The molecule has 0 unspecified atom stereocenters. The van der Waals surface area contributed by atoms with Crippen LogP contribution < -0.4 is 4.74 Å². The van der Waals surface area contributed by atoms with Crippen LogP contribution in [0.2, 0.25) is 0 Å². The van der Waals surface area contributed by atoms with Crippen molar-refractivity contribution in [2.24, 2.45) is 5.92 Å². The number of hydrogen-bond acceptors (Lipinski definition) is 2. The first-order valence-electron chi connectivity index (χ1n) is 11.3. The second kappa shape index (κ2) is 12.9. The molecule has 0 aromatic heterocycles. The van der Waals surface area contributed by atoms with E-state index in [0.29, 0.717) is 5.92 Å². The average molecular weight is 404 g/mol. The van der Waals surface area contributed by atoms with E-state index >= 15 is 0 Å². The molecule has 0 spiro atoms. The molecule has 0 amide bonds. The zero-order valence-corrected chi connectivity index (χ0v) is 18.8. The van der Waals surface area contributed by atoms with Crippen molar-refractivity contribution in [3.8, 4) is 5.75 Å². The molecule has 1 fully saturated rings. The highest BCUT2D eigenvalue weighted by atomic mass is 16.5. The van der Waals surface area contributed by atoms with E-state index in [0.717, 1.165) is 22.6 Å². The minimum atomic E-state index is 0.706. The Kier molecular flexibility index (Phi) is 10.2. The van der Waals surface area contributed by atoms with Crippen molar-refractivity contribution in [3.63, 3.8) is 0 Å². The molecule has 30 heavy (non-hydrogen) atoms. The summed E-state index contributed by atoms with van der Waals surface area (Å²) in [5.41, 5.74) is 4.88. The molecule has 2 nitrogen and oxygen atoms in total. The van der Waals surface area contributed by atoms with Crippen LogP contribution in [0.1, 0.15) is 75.3 Å². The van der Waals surface area contributed by atoms with E-state index in [2.05, 4.69) is 50.1 Å². The van der Waals surface area contributed by atoms with Crippen LogP contribution in [0.5, 0.6) is 5.75 Å². The summed E-state index contributed by atoms with van der Waals surface area (Å²) in [5.74, 6) is 2.44. The molecule has 160 valence electrons. The maximum atomic E-state index is 7.71. The molecule has 1 saturated carbocycles. The predicted octanol–water partition coefficient (Wildman–Crippen LogP) is 8.21. The highest BCUT2D eigenvalue weighted by molar-refractivity contribution is 6.01. The summed E-state index contributed by atoms with van der Waals surface area (Å²) in [5, 5.41) is 10.0. The third kappa shape index (κ3) is 6.47. The molecular weight excluding hydrogens is 366 g/mol. The van der Waals surface area contributed by atoms with Crippen LogP contribution in [-0.4, -0.2) is 13.3 Å². The molecule has 0 saturated heterocycles. The topological polar surface area (TPSA) is 33.1 Å². The zero-order valence-electron chi connectivity index (χ0n) is 18.8.